The molecule has 0 atom stereocenters. The third-order valence-corrected chi connectivity index (χ3v) is 5.91. The van der Waals surface area contributed by atoms with E-state index in [1.807, 2.05) is 12.1 Å². The van der Waals surface area contributed by atoms with Crippen LogP contribution >= 0.6 is 0 Å². The number of carbonyl (C=O) groups excluding carboxylic acids is 1. The van der Waals surface area contributed by atoms with Crippen LogP contribution in [-0.4, -0.2) is 22.6 Å². The molecule has 1 fully saturated rings. The van der Waals surface area contributed by atoms with Gasteiger partial charge in [0.2, 0.25) is 11.7 Å². The third-order valence-electron chi connectivity index (χ3n) is 5.91. The Bertz CT molecular complexity index is 1010. The van der Waals surface area contributed by atoms with Crippen molar-refractivity contribution < 1.29 is 18.4 Å². The topological polar surface area (TPSA) is 77.2 Å². The minimum Gasteiger partial charge on any atom is -0.485 e. The van der Waals surface area contributed by atoms with Gasteiger partial charge in [0.05, 0.1) is 0 Å². The smallest absolute Gasteiger partial charge is 0.251 e. The highest BCUT2D eigenvalue weighted by Gasteiger charge is 2.34. The lowest BCUT2D eigenvalue weighted by atomic mass is 9.69. The Hall–Kier alpha value is -3.22. The lowest BCUT2D eigenvalue weighted by Crippen LogP contribution is -2.42. The first kappa shape index (κ1) is 21.0. The number of benzene rings is 2. The summed E-state index contributed by atoms with van der Waals surface area (Å²) in [5.74, 6) is 1.21. The van der Waals surface area contributed by atoms with Gasteiger partial charge in [0.25, 0.3) is 5.91 Å². The number of ether oxygens (including phenoxy) is 1. The fourth-order valence-electron chi connectivity index (χ4n) is 4.20. The molecule has 0 saturated heterocycles. The molecule has 162 valence electrons. The normalized spacial score (nSPS) is 15.4. The second-order valence-electron chi connectivity index (χ2n) is 8.07. The first-order valence-electron chi connectivity index (χ1n) is 10.6. The van der Waals surface area contributed by atoms with Crippen LogP contribution < -0.4 is 10.1 Å². The molecule has 1 amide bonds. The first-order valence-corrected chi connectivity index (χ1v) is 10.6. The van der Waals surface area contributed by atoms with E-state index in [1.54, 1.807) is 31.2 Å². The Kier molecular flexibility index (Phi) is 6.30. The molecule has 0 aliphatic heterocycles. The van der Waals surface area contributed by atoms with E-state index in [1.165, 1.54) is 18.6 Å². The molecule has 0 bridgehead atoms. The molecular weight excluding hydrogens is 397 g/mol. The second kappa shape index (κ2) is 9.29. The summed E-state index contributed by atoms with van der Waals surface area (Å²) < 4.78 is 24.0. The standard InChI is InChI=1S/C24H26FN3O3/c1-17-27-22(28-31-17)15-30-21-11-5-18(6-12-21)23(29)26-16-24(13-3-2-4-14-24)19-7-9-20(25)10-8-19/h5-12H,2-4,13-16H2,1H3,(H,26,29). The number of nitrogens with zero attached hydrogens (tertiary/aromatic N) is 2. The van der Waals surface area contributed by atoms with Gasteiger partial charge in [-0.25, -0.2) is 4.39 Å². The van der Waals surface area contributed by atoms with Crippen molar-refractivity contribution >= 4 is 5.91 Å². The molecule has 7 heteroatoms. The van der Waals surface area contributed by atoms with E-state index in [4.69, 9.17) is 9.26 Å². The molecule has 1 saturated carbocycles. The SMILES string of the molecule is Cc1nc(COc2ccc(C(=O)NCC3(c4ccc(F)cc4)CCCCC3)cc2)no1. The highest BCUT2D eigenvalue weighted by Crippen LogP contribution is 2.39. The molecule has 6 nitrogen and oxygen atoms in total. The zero-order valence-corrected chi connectivity index (χ0v) is 17.6. The Labute approximate surface area is 180 Å². The molecule has 31 heavy (non-hydrogen) atoms. The van der Waals surface area contributed by atoms with Crippen LogP contribution in [-0.2, 0) is 12.0 Å². The van der Waals surface area contributed by atoms with Crippen molar-refractivity contribution in [3.8, 4) is 5.75 Å². The predicted octanol–water partition coefficient (Wildman–Crippen LogP) is 4.73. The van der Waals surface area contributed by atoms with Crippen molar-refractivity contribution in [3.63, 3.8) is 0 Å². The molecule has 1 heterocycles. The maximum Gasteiger partial charge on any atom is 0.251 e. The van der Waals surface area contributed by atoms with Gasteiger partial charge in [0.15, 0.2) is 6.61 Å². The summed E-state index contributed by atoms with van der Waals surface area (Å²) in [6.45, 7) is 2.45. The van der Waals surface area contributed by atoms with Gasteiger partial charge < -0.3 is 14.6 Å². The maximum atomic E-state index is 13.4. The van der Waals surface area contributed by atoms with Crippen molar-refractivity contribution in [2.24, 2.45) is 0 Å². The molecule has 1 N–H and O–H groups in total. The lowest BCUT2D eigenvalue weighted by molar-refractivity contribution is 0.0936. The summed E-state index contributed by atoms with van der Waals surface area (Å²) in [4.78, 5) is 16.9. The minimum atomic E-state index is -0.240. The molecular formula is C24H26FN3O3. The lowest BCUT2D eigenvalue weighted by Gasteiger charge is -2.38. The number of amides is 1. The number of aryl methyl sites for hydroxylation is 1. The van der Waals surface area contributed by atoms with Gasteiger partial charge in [0, 0.05) is 24.4 Å². The molecule has 0 spiro atoms. The van der Waals surface area contributed by atoms with Crippen LogP contribution in [0.2, 0.25) is 0 Å². The number of aromatic nitrogens is 2. The number of nitrogens with one attached hydrogen (secondary N) is 1. The average Bonchev–Trinajstić information content (AvgIpc) is 3.22. The van der Waals surface area contributed by atoms with Crippen LogP contribution in [0.1, 0.15) is 59.7 Å². The van der Waals surface area contributed by atoms with E-state index in [-0.39, 0.29) is 23.7 Å². The highest BCUT2D eigenvalue weighted by molar-refractivity contribution is 5.94. The number of halogens is 1. The molecule has 0 radical (unpaired) electrons. The van der Waals surface area contributed by atoms with Gasteiger partial charge in [-0.1, -0.05) is 36.6 Å². The molecule has 1 aliphatic carbocycles. The summed E-state index contributed by atoms with van der Waals surface area (Å²) in [5, 5.41) is 6.88. The highest BCUT2D eigenvalue weighted by atomic mass is 19.1. The minimum absolute atomic E-state index is 0.132. The van der Waals surface area contributed by atoms with Gasteiger partial charge in [-0.15, -0.1) is 0 Å². The van der Waals surface area contributed by atoms with Crippen molar-refractivity contribution in [2.75, 3.05) is 6.54 Å². The molecule has 0 unspecified atom stereocenters. The van der Waals surface area contributed by atoms with Crippen LogP contribution in [0.25, 0.3) is 0 Å². The van der Waals surface area contributed by atoms with Gasteiger partial charge in [-0.2, -0.15) is 4.98 Å². The van der Waals surface area contributed by atoms with Crippen LogP contribution in [0.4, 0.5) is 4.39 Å². The summed E-state index contributed by atoms with van der Waals surface area (Å²) in [6, 6.07) is 13.7. The summed E-state index contributed by atoms with van der Waals surface area (Å²) >= 11 is 0. The summed E-state index contributed by atoms with van der Waals surface area (Å²) in [7, 11) is 0. The Morgan fingerprint density at radius 1 is 1.10 bits per heavy atom. The van der Waals surface area contributed by atoms with E-state index in [2.05, 4.69) is 15.5 Å². The van der Waals surface area contributed by atoms with Gasteiger partial charge >= 0.3 is 0 Å². The zero-order valence-electron chi connectivity index (χ0n) is 17.6. The molecule has 4 rings (SSSR count). The number of hydrogen-bond acceptors (Lipinski definition) is 5. The van der Waals surface area contributed by atoms with Crippen LogP contribution in [0.5, 0.6) is 5.75 Å². The maximum absolute atomic E-state index is 13.4. The van der Waals surface area contributed by atoms with E-state index >= 15 is 0 Å². The number of hydrogen-bond donors (Lipinski definition) is 1. The summed E-state index contributed by atoms with van der Waals surface area (Å²) in [5.41, 5.74) is 1.51. The second-order valence-corrected chi connectivity index (χ2v) is 8.07. The van der Waals surface area contributed by atoms with Gasteiger partial charge in [-0.05, 0) is 54.8 Å². The molecule has 2 aromatic carbocycles. The van der Waals surface area contributed by atoms with E-state index in [9.17, 15) is 9.18 Å². The Morgan fingerprint density at radius 3 is 2.45 bits per heavy atom. The van der Waals surface area contributed by atoms with Gasteiger partial charge in [-0.3, -0.25) is 4.79 Å². The first-order chi connectivity index (χ1) is 15.0. The zero-order chi connectivity index (χ0) is 21.7. The quantitative estimate of drug-likeness (QED) is 0.595. The number of rotatable bonds is 7. The predicted molar refractivity (Wildman–Crippen MR) is 113 cm³/mol. The van der Waals surface area contributed by atoms with Crippen LogP contribution in [0, 0.1) is 12.7 Å². The molecule has 1 aliphatic rings. The average molecular weight is 423 g/mol. The Balaban J connectivity index is 1.38. The van der Waals surface area contributed by atoms with Gasteiger partial charge in [0.1, 0.15) is 11.6 Å². The van der Waals surface area contributed by atoms with Crippen LogP contribution in [0.15, 0.2) is 53.1 Å². The largest absolute Gasteiger partial charge is 0.485 e. The van der Waals surface area contributed by atoms with Crippen molar-refractivity contribution in [1.82, 2.24) is 15.5 Å². The van der Waals surface area contributed by atoms with E-state index < -0.39 is 0 Å². The van der Waals surface area contributed by atoms with Crippen molar-refractivity contribution in [3.05, 3.63) is 77.2 Å². The van der Waals surface area contributed by atoms with Crippen molar-refractivity contribution in [1.29, 1.82) is 0 Å². The Morgan fingerprint density at radius 2 is 1.81 bits per heavy atom. The van der Waals surface area contributed by atoms with Crippen molar-refractivity contribution in [2.45, 2.75) is 51.0 Å². The van der Waals surface area contributed by atoms with E-state index in [0.717, 1.165) is 31.2 Å². The molecule has 3 aromatic rings. The monoisotopic (exact) mass is 423 g/mol. The third kappa shape index (κ3) is 5.10. The molecule has 1 aromatic heterocycles. The fourth-order valence-corrected chi connectivity index (χ4v) is 4.20. The number of carbonyl (C=O) groups is 1. The van der Waals surface area contributed by atoms with E-state index in [0.29, 0.717) is 29.6 Å². The summed E-state index contributed by atoms with van der Waals surface area (Å²) in [6.07, 6.45) is 5.39. The fraction of sp³-hybridized carbons (Fsp3) is 0.375. The van der Waals surface area contributed by atoms with Crippen LogP contribution in [0.3, 0.4) is 0 Å².